The van der Waals surface area contributed by atoms with E-state index >= 15 is 0 Å². The summed E-state index contributed by atoms with van der Waals surface area (Å²) in [4.78, 5) is 12.4. The maximum absolute atomic E-state index is 11.3. The number of aromatic hydroxyl groups is 1. The Morgan fingerprint density at radius 3 is 2.83 bits per heavy atom. The third kappa shape index (κ3) is 0.865. The lowest BCUT2D eigenvalue weighted by Gasteiger charge is -1.96. The summed E-state index contributed by atoms with van der Waals surface area (Å²) >= 11 is 1.23. The Hall–Kier alpha value is -1.22. The third-order valence-corrected chi connectivity index (χ3v) is 2.78. The van der Waals surface area contributed by atoms with Crippen LogP contribution in [0.1, 0.15) is 10.4 Å². The molecule has 0 atom stereocenters. The quantitative estimate of drug-likeness (QED) is 0.619. The molecule has 0 aromatic heterocycles. The van der Waals surface area contributed by atoms with E-state index in [0.717, 1.165) is 0 Å². The first-order valence-electron chi connectivity index (χ1n) is 3.43. The second-order valence-electron chi connectivity index (χ2n) is 2.51. The molecule has 1 aliphatic rings. The van der Waals surface area contributed by atoms with Crippen LogP contribution in [0.15, 0.2) is 34.6 Å². The molecule has 1 aliphatic heterocycles. The Kier molecular flexibility index (Phi) is 1.48. The number of phenols is 1. The van der Waals surface area contributed by atoms with Crippen molar-refractivity contribution in [1.29, 1.82) is 0 Å². The van der Waals surface area contributed by atoms with Gasteiger partial charge in [0.1, 0.15) is 5.75 Å². The molecule has 1 aromatic rings. The normalized spacial score (nSPS) is 15.0. The van der Waals surface area contributed by atoms with E-state index in [-0.39, 0.29) is 11.5 Å². The molecule has 12 heavy (non-hydrogen) atoms. The van der Waals surface area contributed by atoms with E-state index < -0.39 is 0 Å². The molecule has 0 spiro atoms. The predicted molar refractivity (Wildman–Crippen MR) is 47.4 cm³/mol. The summed E-state index contributed by atoms with van der Waals surface area (Å²) in [6, 6.07) is 4.92. The molecule has 2 rings (SSSR count). The van der Waals surface area contributed by atoms with E-state index in [0.29, 0.717) is 15.4 Å². The highest BCUT2D eigenvalue weighted by molar-refractivity contribution is 8.04. The molecule has 0 radical (unpaired) electrons. The SMILES string of the molecule is C=C1Sc2c(O)cccc2C1=O. The summed E-state index contributed by atoms with van der Waals surface area (Å²) in [6.07, 6.45) is 0. The third-order valence-electron chi connectivity index (χ3n) is 1.72. The number of ketones is 1. The van der Waals surface area contributed by atoms with E-state index in [1.165, 1.54) is 11.8 Å². The van der Waals surface area contributed by atoms with Crippen molar-refractivity contribution in [2.24, 2.45) is 0 Å². The highest BCUT2D eigenvalue weighted by Crippen LogP contribution is 2.43. The molecule has 1 heterocycles. The first-order chi connectivity index (χ1) is 5.70. The van der Waals surface area contributed by atoms with Crippen LogP contribution in [0.3, 0.4) is 0 Å². The van der Waals surface area contributed by atoms with Gasteiger partial charge in [0, 0.05) is 5.56 Å². The topological polar surface area (TPSA) is 37.3 Å². The van der Waals surface area contributed by atoms with Crippen LogP contribution < -0.4 is 0 Å². The molecule has 0 aliphatic carbocycles. The van der Waals surface area contributed by atoms with Crippen molar-refractivity contribution in [3.8, 4) is 5.75 Å². The molecule has 0 saturated carbocycles. The Balaban J connectivity index is 2.68. The lowest BCUT2D eigenvalue weighted by molar-refractivity contribution is 0.104. The highest BCUT2D eigenvalue weighted by Gasteiger charge is 2.26. The van der Waals surface area contributed by atoms with Gasteiger partial charge in [-0.25, -0.2) is 0 Å². The van der Waals surface area contributed by atoms with Crippen LogP contribution >= 0.6 is 11.8 Å². The molecule has 0 saturated heterocycles. The number of thioether (sulfide) groups is 1. The van der Waals surface area contributed by atoms with Gasteiger partial charge in [-0.05, 0) is 12.1 Å². The Labute approximate surface area is 73.9 Å². The van der Waals surface area contributed by atoms with Gasteiger partial charge in [0.05, 0.1) is 9.80 Å². The molecular formula is C9H6O2S. The van der Waals surface area contributed by atoms with Crippen molar-refractivity contribution in [2.45, 2.75) is 4.90 Å². The maximum Gasteiger partial charge on any atom is 0.200 e. The summed E-state index contributed by atoms with van der Waals surface area (Å²) in [7, 11) is 0. The molecular weight excluding hydrogens is 172 g/mol. The molecule has 2 nitrogen and oxygen atoms in total. The van der Waals surface area contributed by atoms with Crippen molar-refractivity contribution in [3.05, 3.63) is 35.2 Å². The molecule has 3 heteroatoms. The minimum absolute atomic E-state index is 0.0779. The zero-order chi connectivity index (χ0) is 8.72. The molecule has 0 bridgehead atoms. The van der Waals surface area contributed by atoms with Gasteiger partial charge >= 0.3 is 0 Å². The van der Waals surface area contributed by atoms with Crippen molar-refractivity contribution in [1.82, 2.24) is 0 Å². The van der Waals surface area contributed by atoms with Gasteiger partial charge in [-0.2, -0.15) is 0 Å². The fraction of sp³-hybridized carbons (Fsp3) is 0. The molecule has 60 valence electrons. The van der Waals surface area contributed by atoms with Crippen LogP contribution in [-0.4, -0.2) is 10.9 Å². The largest absolute Gasteiger partial charge is 0.507 e. The van der Waals surface area contributed by atoms with Gasteiger partial charge in [-0.1, -0.05) is 24.4 Å². The van der Waals surface area contributed by atoms with Crippen LogP contribution in [0.25, 0.3) is 0 Å². The van der Waals surface area contributed by atoms with E-state index in [1.807, 2.05) is 0 Å². The fourth-order valence-electron chi connectivity index (χ4n) is 1.13. The summed E-state index contributed by atoms with van der Waals surface area (Å²) < 4.78 is 0. The zero-order valence-corrected chi connectivity index (χ0v) is 7.02. The molecule has 1 N–H and O–H groups in total. The predicted octanol–water partition coefficient (Wildman–Crippen LogP) is 2.19. The number of benzene rings is 1. The van der Waals surface area contributed by atoms with Gasteiger partial charge in [-0.3, -0.25) is 4.79 Å². The minimum Gasteiger partial charge on any atom is -0.507 e. The van der Waals surface area contributed by atoms with Crippen molar-refractivity contribution < 1.29 is 9.90 Å². The lowest BCUT2D eigenvalue weighted by atomic mass is 10.1. The maximum atomic E-state index is 11.3. The van der Waals surface area contributed by atoms with Gasteiger partial charge in [-0.15, -0.1) is 0 Å². The summed E-state index contributed by atoms with van der Waals surface area (Å²) in [5, 5.41) is 9.35. The van der Waals surface area contributed by atoms with E-state index in [9.17, 15) is 9.90 Å². The summed E-state index contributed by atoms with van der Waals surface area (Å²) in [5.41, 5.74) is 0.560. The average molecular weight is 178 g/mol. The number of hydrogen-bond acceptors (Lipinski definition) is 3. The zero-order valence-electron chi connectivity index (χ0n) is 6.20. The van der Waals surface area contributed by atoms with Crippen molar-refractivity contribution >= 4 is 17.5 Å². The van der Waals surface area contributed by atoms with Gasteiger partial charge in [0.2, 0.25) is 0 Å². The number of fused-ring (bicyclic) bond motifs is 1. The molecule has 0 unspecified atom stereocenters. The second-order valence-corrected chi connectivity index (χ2v) is 3.61. The minimum atomic E-state index is -0.0779. The summed E-state index contributed by atoms with van der Waals surface area (Å²) in [5.74, 6) is 0.0791. The fourth-order valence-corrected chi connectivity index (χ4v) is 2.02. The van der Waals surface area contributed by atoms with E-state index in [4.69, 9.17) is 0 Å². The van der Waals surface area contributed by atoms with Crippen molar-refractivity contribution in [3.63, 3.8) is 0 Å². The first kappa shape index (κ1) is 7.43. The van der Waals surface area contributed by atoms with Crippen LogP contribution in [0.2, 0.25) is 0 Å². The Bertz CT molecular complexity index is 382. The molecule has 0 fully saturated rings. The number of phenolic OH excluding ortho intramolecular Hbond substituents is 1. The second kappa shape index (κ2) is 2.38. The Morgan fingerprint density at radius 1 is 1.42 bits per heavy atom. The number of hydrogen-bond donors (Lipinski definition) is 1. The van der Waals surface area contributed by atoms with Crippen LogP contribution in [-0.2, 0) is 0 Å². The monoisotopic (exact) mass is 178 g/mol. The number of rotatable bonds is 0. The number of carbonyl (C=O) groups is 1. The van der Waals surface area contributed by atoms with E-state index in [2.05, 4.69) is 6.58 Å². The van der Waals surface area contributed by atoms with Crippen LogP contribution in [0.5, 0.6) is 5.75 Å². The molecule has 1 aromatic carbocycles. The Morgan fingerprint density at radius 2 is 2.17 bits per heavy atom. The van der Waals surface area contributed by atoms with Crippen LogP contribution in [0, 0.1) is 0 Å². The van der Waals surface area contributed by atoms with Crippen molar-refractivity contribution in [2.75, 3.05) is 0 Å². The van der Waals surface area contributed by atoms with E-state index in [1.54, 1.807) is 18.2 Å². The lowest BCUT2D eigenvalue weighted by Crippen LogP contribution is -1.91. The number of carbonyl (C=O) groups excluding carboxylic acids is 1. The van der Waals surface area contributed by atoms with Gasteiger partial charge in [0.15, 0.2) is 5.78 Å². The first-order valence-corrected chi connectivity index (χ1v) is 4.25. The smallest absolute Gasteiger partial charge is 0.200 e. The number of Topliss-reactive ketones (excluding diaryl/α,β-unsaturated/α-hetero) is 1. The van der Waals surface area contributed by atoms with Gasteiger partial charge < -0.3 is 5.11 Å². The summed E-state index contributed by atoms with van der Waals surface area (Å²) in [6.45, 7) is 3.59. The van der Waals surface area contributed by atoms with Crippen LogP contribution in [0.4, 0.5) is 0 Å². The highest BCUT2D eigenvalue weighted by atomic mass is 32.2. The standard InChI is InChI=1S/C9H6O2S/c1-5-8(11)6-3-2-4-7(10)9(6)12-5/h2-4,10H,1H2. The van der Waals surface area contributed by atoms with Gasteiger partial charge in [0.25, 0.3) is 0 Å². The number of allylic oxidation sites excluding steroid dienone is 1. The molecule has 0 amide bonds. The average Bonchev–Trinajstić information content (AvgIpc) is 2.32.